The molecule has 0 aliphatic rings. The second-order valence-corrected chi connectivity index (χ2v) is 6.67. The first kappa shape index (κ1) is 19.2. The van der Waals surface area contributed by atoms with Gasteiger partial charge in [0.15, 0.2) is 10.8 Å². The van der Waals surface area contributed by atoms with Crippen molar-refractivity contribution < 1.29 is 22.8 Å². The van der Waals surface area contributed by atoms with Gasteiger partial charge in [-0.3, -0.25) is 14.5 Å². The van der Waals surface area contributed by atoms with Crippen LogP contribution in [0.1, 0.15) is 5.56 Å². The third kappa shape index (κ3) is 4.42. The first-order valence-corrected chi connectivity index (χ1v) is 8.73. The molecule has 0 radical (unpaired) electrons. The number of nitro benzene ring substituents is 1. The standard InChI is InChI=1S/C15H10ClF3N4O3S/c16-12-6-9(15(17,18)19)8-22-13(12)20-21-14(22)27-5-4-26-11-3-1-2-10(7-11)23(24)25/h1-3,6-8H,4-5H2. The van der Waals surface area contributed by atoms with Crippen molar-refractivity contribution in [3.8, 4) is 5.75 Å². The summed E-state index contributed by atoms with van der Waals surface area (Å²) in [5, 5.41) is 18.4. The molecule has 0 spiro atoms. The van der Waals surface area contributed by atoms with Crippen LogP contribution in [0.5, 0.6) is 5.75 Å². The van der Waals surface area contributed by atoms with Gasteiger partial charge in [0, 0.05) is 18.0 Å². The summed E-state index contributed by atoms with van der Waals surface area (Å²) in [5.41, 5.74) is -0.890. The number of fused-ring (bicyclic) bond motifs is 1. The molecule has 12 heteroatoms. The van der Waals surface area contributed by atoms with Gasteiger partial charge in [0.25, 0.3) is 5.69 Å². The van der Waals surface area contributed by atoms with Gasteiger partial charge >= 0.3 is 6.18 Å². The zero-order valence-electron chi connectivity index (χ0n) is 13.3. The highest BCUT2D eigenvalue weighted by Gasteiger charge is 2.32. The summed E-state index contributed by atoms with van der Waals surface area (Å²) in [4.78, 5) is 10.2. The van der Waals surface area contributed by atoms with E-state index in [0.717, 1.165) is 24.0 Å². The molecular formula is C15H10ClF3N4O3S. The number of rotatable bonds is 6. The Morgan fingerprint density at radius 3 is 2.78 bits per heavy atom. The molecule has 0 N–H and O–H groups in total. The van der Waals surface area contributed by atoms with Crippen molar-refractivity contribution in [3.05, 3.63) is 57.2 Å². The van der Waals surface area contributed by atoms with E-state index in [-0.39, 0.29) is 28.1 Å². The molecule has 0 aliphatic heterocycles. The van der Waals surface area contributed by atoms with Crippen LogP contribution in [0.3, 0.4) is 0 Å². The Morgan fingerprint density at radius 2 is 2.07 bits per heavy atom. The van der Waals surface area contributed by atoms with E-state index in [9.17, 15) is 23.3 Å². The lowest BCUT2D eigenvalue weighted by atomic mass is 10.3. The number of alkyl halides is 3. The van der Waals surface area contributed by atoms with Gasteiger partial charge < -0.3 is 4.74 Å². The Kier molecular flexibility index (Phi) is 5.42. The molecule has 0 atom stereocenters. The van der Waals surface area contributed by atoms with Gasteiger partial charge in [-0.15, -0.1) is 10.2 Å². The number of non-ortho nitro benzene ring substituents is 1. The molecule has 3 aromatic rings. The number of ether oxygens (including phenoxy) is 1. The van der Waals surface area contributed by atoms with Crippen LogP contribution in [-0.2, 0) is 6.18 Å². The van der Waals surface area contributed by atoms with Crippen molar-refractivity contribution in [1.29, 1.82) is 0 Å². The van der Waals surface area contributed by atoms with Crippen LogP contribution >= 0.6 is 23.4 Å². The topological polar surface area (TPSA) is 82.6 Å². The zero-order valence-corrected chi connectivity index (χ0v) is 14.9. The highest BCUT2D eigenvalue weighted by atomic mass is 35.5. The average molecular weight is 419 g/mol. The van der Waals surface area contributed by atoms with E-state index in [0.29, 0.717) is 11.5 Å². The Labute approximate surface area is 159 Å². The van der Waals surface area contributed by atoms with E-state index in [1.165, 1.54) is 22.6 Å². The summed E-state index contributed by atoms with van der Waals surface area (Å²) in [6.07, 6.45) is -3.67. The molecule has 0 aliphatic carbocycles. The van der Waals surface area contributed by atoms with Crippen LogP contribution < -0.4 is 4.74 Å². The fourth-order valence-electron chi connectivity index (χ4n) is 2.17. The Hall–Kier alpha value is -2.53. The molecule has 0 saturated carbocycles. The molecule has 0 saturated heterocycles. The second-order valence-electron chi connectivity index (χ2n) is 5.20. The molecule has 0 unspecified atom stereocenters. The van der Waals surface area contributed by atoms with E-state index < -0.39 is 16.7 Å². The Morgan fingerprint density at radius 1 is 1.30 bits per heavy atom. The first-order valence-electron chi connectivity index (χ1n) is 7.37. The van der Waals surface area contributed by atoms with Crippen LogP contribution in [-0.4, -0.2) is 31.9 Å². The van der Waals surface area contributed by atoms with Gasteiger partial charge in [-0.25, -0.2) is 0 Å². The normalized spacial score (nSPS) is 11.7. The SMILES string of the molecule is O=[N+]([O-])c1cccc(OCCSc2nnc3c(Cl)cc(C(F)(F)F)cn23)c1. The summed E-state index contributed by atoms with van der Waals surface area (Å²) in [5.74, 6) is 0.649. The van der Waals surface area contributed by atoms with E-state index >= 15 is 0 Å². The van der Waals surface area contributed by atoms with Gasteiger partial charge in [-0.1, -0.05) is 29.4 Å². The lowest BCUT2D eigenvalue weighted by molar-refractivity contribution is -0.384. The highest BCUT2D eigenvalue weighted by Crippen LogP contribution is 2.33. The maximum absolute atomic E-state index is 12.9. The number of nitro groups is 1. The minimum atomic E-state index is -4.55. The predicted molar refractivity (Wildman–Crippen MR) is 92.3 cm³/mol. The van der Waals surface area contributed by atoms with E-state index in [2.05, 4.69) is 10.2 Å². The predicted octanol–water partition coefficient (Wildman–Crippen LogP) is 4.48. The van der Waals surface area contributed by atoms with Crippen molar-refractivity contribution in [2.75, 3.05) is 12.4 Å². The number of aromatic nitrogens is 3. The largest absolute Gasteiger partial charge is 0.492 e. The Bertz CT molecular complexity index is 996. The smallest absolute Gasteiger partial charge is 0.417 e. The lowest BCUT2D eigenvalue weighted by Gasteiger charge is -2.09. The van der Waals surface area contributed by atoms with Crippen LogP contribution in [0.25, 0.3) is 5.65 Å². The molecule has 0 amide bonds. The third-order valence-electron chi connectivity index (χ3n) is 3.37. The highest BCUT2D eigenvalue weighted by molar-refractivity contribution is 7.99. The summed E-state index contributed by atoms with van der Waals surface area (Å²) in [7, 11) is 0. The zero-order chi connectivity index (χ0) is 19.6. The summed E-state index contributed by atoms with van der Waals surface area (Å²) in [6, 6.07) is 6.48. The van der Waals surface area contributed by atoms with Gasteiger partial charge in [-0.05, 0) is 12.1 Å². The molecule has 1 aromatic carbocycles. The van der Waals surface area contributed by atoms with Crippen molar-refractivity contribution in [3.63, 3.8) is 0 Å². The van der Waals surface area contributed by atoms with E-state index in [4.69, 9.17) is 16.3 Å². The van der Waals surface area contributed by atoms with Gasteiger partial charge in [0.05, 0.1) is 28.2 Å². The Balaban J connectivity index is 1.68. The molecule has 27 heavy (non-hydrogen) atoms. The van der Waals surface area contributed by atoms with Crippen LogP contribution in [0.15, 0.2) is 41.7 Å². The molecule has 2 heterocycles. The summed E-state index contributed by atoms with van der Waals surface area (Å²) >= 11 is 6.97. The van der Waals surface area contributed by atoms with E-state index in [1.807, 2.05) is 0 Å². The fraction of sp³-hybridized carbons (Fsp3) is 0.200. The number of thioether (sulfide) groups is 1. The molecule has 7 nitrogen and oxygen atoms in total. The number of nitrogens with zero attached hydrogens (tertiary/aromatic N) is 4. The maximum Gasteiger partial charge on any atom is 0.417 e. The average Bonchev–Trinajstić information content (AvgIpc) is 3.02. The molecule has 0 fully saturated rings. The summed E-state index contributed by atoms with van der Waals surface area (Å²) in [6.45, 7) is 0.160. The van der Waals surface area contributed by atoms with Crippen LogP contribution in [0, 0.1) is 10.1 Å². The molecular weight excluding hydrogens is 409 g/mol. The van der Waals surface area contributed by atoms with E-state index in [1.54, 1.807) is 6.07 Å². The van der Waals surface area contributed by atoms with Crippen molar-refractivity contribution in [2.45, 2.75) is 11.3 Å². The number of benzene rings is 1. The van der Waals surface area contributed by atoms with Crippen molar-refractivity contribution in [1.82, 2.24) is 14.6 Å². The summed E-state index contributed by atoms with van der Waals surface area (Å²) < 4.78 is 45.4. The number of hydrogen-bond donors (Lipinski definition) is 0. The minimum Gasteiger partial charge on any atom is -0.492 e. The maximum atomic E-state index is 12.9. The third-order valence-corrected chi connectivity index (χ3v) is 4.55. The molecule has 142 valence electrons. The van der Waals surface area contributed by atoms with Gasteiger partial charge in [0.2, 0.25) is 0 Å². The van der Waals surface area contributed by atoms with Crippen LogP contribution in [0.2, 0.25) is 5.02 Å². The van der Waals surface area contributed by atoms with Crippen LogP contribution in [0.4, 0.5) is 18.9 Å². The minimum absolute atomic E-state index is 0.0991. The number of hydrogen-bond acceptors (Lipinski definition) is 6. The quantitative estimate of drug-likeness (QED) is 0.254. The monoisotopic (exact) mass is 418 g/mol. The number of halogens is 4. The van der Waals surface area contributed by atoms with Crippen molar-refractivity contribution in [2.24, 2.45) is 0 Å². The molecule has 2 aromatic heterocycles. The first-order chi connectivity index (χ1) is 12.8. The molecule has 0 bridgehead atoms. The van der Waals surface area contributed by atoms with Gasteiger partial charge in [-0.2, -0.15) is 13.2 Å². The lowest BCUT2D eigenvalue weighted by Crippen LogP contribution is -2.07. The van der Waals surface area contributed by atoms with Gasteiger partial charge in [0.1, 0.15) is 5.75 Å². The second kappa shape index (κ2) is 7.61. The fourth-order valence-corrected chi connectivity index (χ4v) is 3.14. The number of pyridine rings is 1. The molecule has 3 rings (SSSR count). The van der Waals surface area contributed by atoms with Crippen molar-refractivity contribution >= 4 is 34.7 Å².